The smallest absolute Gasteiger partial charge is 0.411 e. The first-order valence-electron chi connectivity index (χ1n) is 8.83. The van der Waals surface area contributed by atoms with E-state index in [4.69, 9.17) is 5.73 Å². The fourth-order valence-corrected chi connectivity index (χ4v) is 3.36. The summed E-state index contributed by atoms with van der Waals surface area (Å²) in [5, 5.41) is 13.8. The molecule has 0 bridgehead atoms. The van der Waals surface area contributed by atoms with Crippen LogP contribution in [0.1, 0.15) is 27.7 Å². The van der Waals surface area contributed by atoms with Crippen molar-refractivity contribution in [2.24, 2.45) is 5.73 Å². The van der Waals surface area contributed by atoms with Gasteiger partial charge in [-0.2, -0.15) is 5.10 Å². The van der Waals surface area contributed by atoms with Crippen molar-refractivity contribution in [1.82, 2.24) is 9.78 Å². The maximum absolute atomic E-state index is 12.1. The number of nitrogens with zero attached hydrogens (tertiary/aromatic N) is 4. The van der Waals surface area contributed by atoms with E-state index in [9.17, 15) is 19.5 Å². The molecule has 3 rings (SSSR count). The Bertz CT molecular complexity index is 965. The molecule has 9 nitrogen and oxygen atoms in total. The van der Waals surface area contributed by atoms with E-state index in [1.807, 2.05) is 6.92 Å². The lowest BCUT2D eigenvalue weighted by Crippen LogP contribution is -2.51. The zero-order valence-electron chi connectivity index (χ0n) is 16.2. The number of carboxylic acid groups (broad SMARTS) is 1. The molecule has 9 heteroatoms. The van der Waals surface area contributed by atoms with Gasteiger partial charge in [0.15, 0.2) is 0 Å². The molecule has 1 aliphatic rings. The van der Waals surface area contributed by atoms with Gasteiger partial charge in [-0.3, -0.25) is 19.2 Å². The first kappa shape index (κ1) is 19.4. The van der Waals surface area contributed by atoms with Gasteiger partial charge < -0.3 is 15.7 Å². The molecule has 148 valence electrons. The highest BCUT2D eigenvalue weighted by molar-refractivity contribution is 6.02. The molecule has 1 aliphatic heterocycles. The van der Waals surface area contributed by atoms with Gasteiger partial charge in [0.2, 0.25) is 11.8 Å². The highest BCUT2D eigenvalue weighted by Gasteiger charge is 2.34. The summed E-state index contributed by atoms with van der Waals surface area (Å²) in [5.74, 6) is -0.668. The van der Waals surface area contributed by atoms with Gasteiger partial charge in [0.25, 0.3) is 0 Å². The van der Waals surface area contributed by atoms with E-state index in [1.165, 1.54) is 16.5 Å². The number of hydrogen-bond acceptors (Lipinski definition) is 4. The van der Waals surface area contributed by atoms with Crippen LogP contribution in [0.3, 0.4) is 0 Å². The van der Waals surface area contributed by atoms with Crippen LogP contribution in [0.4, 0.5) is 16.2 Å². The highest BCUT2D eigenvalue weighted by atomic mass is 16.4. The average Bonchev–Trinajstić information content (AvgIpc) is 3.10. The van der Waals surface area contributed by atoms with Crippen LogP contribution in [0.15, 0.2) is 30.6 Å². The molecular formula is C19H23N5O4. The fourth-order valence-electron chi connectivity index (χ4n) is 3.36. The average molecular weight is 385 g/mol. The Morgan fingerprint density at radius 2 is 1.89 bits per heavy atom. The number of fused-ring (bicyclic) bond motifs is 1. The zero-order valence-corrected chi connectivity index (χ0v) is 16.2. The van der Waals surface area contributed by atoms with Crippen LogP contribution < -0.4 is 15.5 Å². The van der Waals surface area contributed by atoms with Crippen molar-refractivity contribution >= 4 is 29.3 Å². The molecule has 0 unspecified atom stereocenters. The van der Waals surface area contributed by atoms with Gasteiger partial charge in [0.1, 0.15) is 5.54 Å². The van der Waals surface area contributed by atoms with Crippen molar-refractivity contribution in [3.8, 4) is 11.1 Å². The molecule has 28 heavy (non-hydrogen) atoms. The third-order valence-electron chi connectivity index (χ3n) is 5.08. The lowest BCUT2D eigenvalue weighted by Gasteiger charge is -2.39. The molecule has 0 saturated heterocycles. The van der Waals surface area contributed by atoms with E-state index in [-0.39, 0.29) is 18.5 Å². The quantitative estimate of drug-likeness (QED) is 0.837. The Morgan fingerprint density at radius 1 is 1.21 bits per heavy atom. The van der Waals surface area contributed by atoms with E-state index in [1.54, 1.807) is 49.3 Å². The largest absolute Gasteiger partial charge is 0.465 e. The molecule has 0 radical (unpaired) electrons. The van der Waals surface area contributed by atoms with Crippen molar-refractivity contribution in [2.45, 2.75) is 39.3 Å². The molecule has 3 N–H and O–H groups in total. The molecule has 0 saturated carbocycles. The minimum absolute atomic E-state index is 0.150. The SMILES string of the molecule is CC(=O)N1c2ccc(-c3cnn(C(C)(C)C(N)=O)c3)cc2N(C(=O)O)C[C@@H]1C. The molecule has 1 atom stereocenters. The zero-order chi connectivity index (χ0) is 20.8. The number of carbonyl (C=O) groups excluding carboxylic acids is 2. The Hall–Kier alpha value is -3.36. The van der Waals surface area contributed by atoms with Crippen LogP contribution in [-0.2, 0) is 15.1 Å². The Balaban J connectivity index is 2.09. The number of benzene rings is 1. The first-order chi connectivity index (χ1) is 13.0. The Labute approximate surface area is 162 Å². The number of amides is 3. The molecule has 2 aromatic rings. The second-order valence-electron chi connectivity index (χ2n) is 7.43. The molecule has 0 spiro atoms. The molecule has 0 aliphatic carbocycles. The first-order valence-corrected chi connectivity index (χ1v) is 8.83. The number of primary amides is 1. The normalized spacial score (nSPS) is 16.6. The Morgan fingerprint density at radius 3 is 2.46 bits per heavy atom. The summed E-state index contributed by atoms with van der Waals surface area (Å²) in [6, 6.07) is 4.97. The summed E-state index contributed by atoms with van der Waals surface area (Å²) in [7, 11) is 0. The molecular weight excluding hydrogens is 362 g/mol. The maximum atomic E-state index is 12.1. The number of anilines is 2. The lowest BCUT2D eigenvalue weighted by molar-refractivity contribution is -0.125. The van der Waals surface area contributed by atoms with Gasteiger partial charge in [0.05, 0.1) is 23.6 Å². The summed E-state index contributed by atoms with van der Waals surface area (Å²) in [6.07, 6.45) is 2.19. The van der Waals surface area contributed by atoms with Crippen LogP contribution in [0.2, 0.25) is 0 Å². The topological polar surface area (TPSA) is 122 Å². The Kier molecular flexibility index (Phi) is 4.62. The number of hydrogen-bond donors (Lipinski definition) is 2. The summed E-state index contributed by atoms with van der Waals surface area (Å²) >= 11 is 0. The third kappa shape index (κ3) is 3.08. The van der Waals surface area contributed by atoms with Crippen molar-refractivity contribution in [1.29, 1.82) is 0 Å². The molecule has 0 fully saturated rings. The predicted molar refractivity (Wildman–Crippen MR) is 104 cm³/mol. The van der Waals surface area contributed by atoms with Crippen molar-refractivity contribution in [3.63, 3.8) is 0 Å². The fraction of sp³-hybridized carbons (Fsp3) is 0.368. The van der Waals surface area contributed by atoms with E-state index in [2.05, 4.69) is 5.10 Å². The minimum atomic E-state index is -1.08. The highest BCUT2D eigenvalue weighted by Crippen LogP contribution is 2.39. The van der Waals surface area contributed by atoms with Crippen LogP contribution >= 0.6 is 0 Å². The van der Waals surface area contributed by atoms with E-state index < -0.39 is 17.5 Å². The van der Waals surface area contributed by atoms with E-state index >= 15 is 0 Å². The summed E-state index contributed by atoms with van der Waals surface area (Å²) in [4.78, 5) is 38.3. The van der Waals surface area contributed by atoms with Crippen LogP contribution in [0.25, 0.3) is 11.1 Å². The van der Waals surface area contributed by atoms with Gasteiger partial charge in [-0.25, -0.2) is 4.79 Å². The van der Waals surface area contributed by atoms with E-state index in [0.717, 1.165) is 5.56 Å². The van der Waals surface area contributed by atoms with Gasteiger partial charge >= 0.3 is 6.09 Å². The van der Waals surface area contributed by atoms with Gasteiger partial charge in [-0.1, -0.05) is 6.07 Å². The monoisotopic (exact) mass is 385 g/mol. The van der Waals surface area contributed by atoms with E-state index in [0.29, 0.717) is 16.9 Å². The summed E-state index contributed by atoms with van der Waals surface area (Å²) in [5.41, 5.74) is 6.84. The lowest BCUT2D eigenvalue weighted by atomic mass is 10.0. The van der Waals surface area contributed by atoms with Gasteiger partial charge in [-0.05, 0) is 38.5 Å². The predicted octanol–water partition coefficient (Wildman–Crippen LogP) is 2.01. The van der Waals surface area contributed by atoms with Crippen molar-refractivity contribution in [2.75, 3.05) is 16.3 Å². The number of carbonyl (C=O) groups is 3. The number of nitrogens with two attached hydrogens (primary N) is 1. The standard InChI is InChI=1S/C19H23N5O4/c1-11-9-22(18(27)28)16-7-13(5-6-15(16)24(11)12(2)25)14-8-21-23(10-14)19(3,4)17(20)26/h5-8,10-11H,9H2,1-4H3,(H2,20,26)(H,27,28)/t11-/m0/s1. The summed E-state index contributed by atoms with van der Waals surface area (Å²) < 4.78 is 1.48. The minimum Gasteiger partial charge on any atom is -0.465 e. The van der Waals surface area contributed by atoms with Crippen LogP contribution in [0, 0.1) is 0 Å². The second-order valence-corrected chi connectivity index (χ2v) is 7.43. The second kappa shape index (κ2) is 6.66. The van der Waals surface area contributed by atoms with Crippen molar-refractivity contribution < 1.29 is 19.5 Å². The summed E-state index contributed by atoms with van der Waals surface area (Å²) in [6.45, 7) is 6.78. The number of rotatable bonds is 3. The van der Waals surface area contributed by atoms with Gasteiger partial charge in [-0.15, -0.1) is 0 Å². The molecule has 1 aromatic heterocycles. The molecule has 2 heterocycles. The number of aromatic nitrogens is 2. The van der Waals surface area contributed by atoms with Crippen molar-refractivity contribution in [3.05, 3.63) is 30.6 Å². The molecule has 1 aromatic carbocycles. The third-order valence-corrected chi connectivity index (χ3v) is 5.08. The van der Waals surface area contributed by atoms with Crippen LogP contribution in [-0.4, -0.2) is 45.4 Å². The molecule has 3 amide bonds. The van der Waals surface area contributed by atoms with Crippen LogP contribution in [0.5, 0.6) is 0 Å². The maximum Gasteiger partial charge on any atom is 0.411 e. The van der Waals surface area contributed by atoms with Gasteiger partial charge in [0, 0.05) is 25.2 Å².